The van der Waals surface area contributed by atoms with Gasteiger partial charge in [-0.1, -0.05) is 29.8 Å². The van der Waals surface area contributed by atoms with Gasteiger partial charge in [-0.25, -0.2) is 9.97 Å². The van der Waals surface area contributed by atoms with E-state index in [0.29, 0.717) is 10.9 Å². The predicted octanol–water partition coefficient (Wildman–Crippen LogP) is 2.47. The molecule has 6 heteroatoms. The third-order valence-corrected chi connectivity index (χ3v) is 3.92. The molecule has 1 aromatic heterocycles. The van der Waals surface area contributed by atoms with Gasteiger partial charge in [0.05, 0.1) is 7.11 Å². The number of piperazine rings is 1. The summed E-state index contributed by atoms with van der Waals surface area (Å²) in [4.78, 5) is 12.8. The number of hydrogen-bond acceptors (Lipinski definition) is 5. The zero-order chi connectivity index (χ0) is 14.7. The van der Waals surface area contributed by atoms with Crippen LogP contribution >= 0.6 is 11.6 Å². The number of methoxy groups -OCH3 is 1. The molecule has 0 atom stereocenters. The van der Waals surface area contributed by atoms with Crippen LogP contribution in [-0.2, 0) is 0 Å². The van der Waals surface area contributed by atoms with Crippen molar-refractivity contribution in [1.29, 1.82) is 0 Å². The zero-order valence-electron chi connectivity index (χ0n) is 11.9. The number of aromatic nitrogens is 2. The molecular formula is C15H17ClN4O. The molecule has 2 heterocycles. The van der Waals surface area contributed by atoms with Gasteiger partial charge >= 0.3 is 0 Å². The average Bonchev–Trinajstić information content (AvgIpc) is 2.55. The SMILES string of the molecule is COc1c(Cl)ncnc1N1CCN(c2ccccc2)CC1. The summed E-state index contributed by atoms with van der Waals surface area (Å²) in [5.41, 5.74) is 1.25. The predicted molar refractivity (Wildman–Crippen MR) is 84.5 cm³/mol. The maximum absolute atomic E-state index is 6.06. The second-order valence-corrected chi connectivity index (χ2v) is 5.19. The van der Waals surface area contributed by atoms with Gasteiger partial charge in [0.25, 0.3) is 0 Å². The fraction of sp³-hybridized carbons (Fsp3) is 0.333. The molecule has 5 nitrogen and oxygen atoms in total. The molecule has 0 bridgehead atoms. The number of ether oxygens (including phenoxy) is 1. The van der Waals surface area contributed by atoms with Crippen LogP contribution in [0.2, 0.25) is 5.15 Å². The Morgan fingerprint density at radius 1 is 1.00 bits per heavy atom. The lowest BCUT2D eigenvalue weighted by Crippen LogP contribution is -2.47. The van der Waals surface area contributed by atoms with Crippen LogP contribution in [0.5, 0.6) is 5.75 Å². The maximum Gasteiger partial charge on any atom is 0.199 e. The number of rotatable bonds is 3. The van der Waals surface area contributed by atoms with Gasteiger partial charge in [0.2, 0.25) is 0 Å². The highest BCUT2D eigenvalue weighted by molar-refractivity contribution is 6.31. The third kappa shape index (κ3) is 2.88. The monoisotopic (exact) mass is 304 g/mol. The van der Waals surface area contributed by atoms with E-state index in [2.05, 4.69) is 44.0 Å². The molecular weight excluding hydrogens is 288 g/mol. The Morgan fingerprint density at radius 2 is 1.67 bits per heavy atom. The Kier molecular flexibility index (Phi) is 4.10. The molecule has 0 unspecified atom stereocenters. The zero-order valence-corrected chi connectivity index (χ0v) is 12.6. The molecule has 0 saturated carbocycles. The van der Waals surface area contributed by atoms with E-state index in [1.54, 1.807) is 7.11 Å². The Balaban J connectivity index is 1.73. The van der Waals surface area contributed by atoms with Crippen molar-refractivity contribution in [3.05, 3.63) is 41.8 Å². The van der Waals surface area contributed by atoms with Crippen LogP contribution in [0.25, 0.3) is 0 Å². The Hall–Kier alpha value is -2.01. The quantitative estimate of drug-likeness (QED) is 0.815. The molecule has 0 aliphatic carbocycles. The number of halogens is 1. The first-order valence-electron chi connectivity index (χ1n) is 6.89. The lowest BCUT2D eigenvalue weighted by Gasteiger charge is -2.37. The normalized spacial score (nSPS) is 15.1. The van der Waals surface area contributed by atoms with Crippen molar-refractivity contribution in [3.63, 3.8) is 0 Å². The lowest BCUT2D eigenvalue weighted by atomic mass is 10.2. The van der Waals surface area contributed by atoms with Crippen molar-refractivity contribution in [2.75, 3.05) is 43.1 Å². The first kappa shape index (κ1) is 13.9. The van der Waals surface area contributed by atoms with Crippen LogP contribution in [0.1, 0.15) is 0 Å². The van der Waals surface area contributed by atoms with Crippen molar-refractivity contribution < 1.29 is 4.74 Å². The summed E-state index contributed by atoms with van der Waals surface area (Å²) in [7, 11) is 1.59. The summed E-state index contributed by atoms with van der Waals surface area (Å²) in [6.45, 7) is 3.63. The summed E-state index contributed by atoms with van der Waals surface area (Å²) < 4.78 is 5.33. The highest BCUT2D eigenvalue weighted by atomic mass is 35.5. The summed E-state index contributed by atoms with van der Waals surface area (Å²) in [6, 6.07) is 10.4. The van der Waals surface area contributed by atoms with Gasteiger partial charge in [0.1, 0.15) is 6.33 Å². The lowest BCUT2D eigenvalue weighted by molar-refractivity contribution is 0.409. The van der Waals surface area contributed by atoms with Gasteiger partial charge in [-0.05, 0) is 12.1 Å². The van der Waals surface area contributed by atoms with Crippen LogP contribution in [0.3, 0.4) is 0 Å². The summed E-state index contributed by atoms with van der Waals surface area (Å²) in [5.74, 6) is 1.32. The number of benzene rings is 1. The van der Waals surface area contributed by atoms with Crippen molar-refractivity contribution in [2.45, 2.75) is 0 Å². The van der Waals surface area contributed by atoms with E-state index in [4.69, 9.17) is 16.3 Å². The molecule has 1 aromatic carbocycles. The van der Waals surface area contributed by atoms with Crippen molar-refractivity contribution in [2.24, 2.45) is 0 Å². The minimum absolute atomic E-state index is 0.355. The Bertz CT molecular complexity index is 600. The van der Waals surface area contributed by atoms with Crippen LogP contribution in [0, 0.1) is 0 Å². The minimum Gasteiger partial charge on any atom is -0.490 e. The maximum atomic E-state index is 6.06. The van der Waals surface area contributed by atoms with Gasteiger partial charge in [0.15, 0.2) is 16.7 Å². The third-order valence-electron chi connectivity index (χ3n) is 3.65. The Labute approximate surface area is 129 Å². The average molecular weight is 305 g/mol. The van der Waals surface area contributed by atoms with E-state index >= 15 is 0 Å². The standard InChI is InChI=1S/C15H17ClN4O/c1-21-13-14(16)17-11-18-15(13)20-9-7-19(8-10-20)12-5-3-2-4-6-12/h2-6,11H,7-10H2,1H3. The van der Waals surface area contributed by atoms with E-state index < -0.39 is 0 Å². The second kappa shape index (κ2) is 6.18. The molecule has 1 saturated heterocycles. The van der Waals surface area contributed by atoms with Gasteiger partial charge in [-0.3, -0.25) is 0 Å². The summed E-state index contributed by atoms with van der Waals surface area (Å²) in [5, 5.41) is 0.355. The molecule has 0 spiro atoms. The summed E-state index contributed by atoms with van der Waals surface area (Å²) in [6.07, 6.45) is 1.48. The van der Waals surface area contributed by atoms with E-state index in [0.717, 1.165) is 32.0 Å². The molecule has 110 valence electrons. The number of para-hydroxylation sites is 1. The fourth-order valence-electron chi connectivity index (χ4n) is 2.56. The van der Waals surface area contributed by atoms with Gasteiger partial charge in [-0.15, -0.1) is 0 Å². The van der Waals surface area contributed by atoms with E-state index in [9.17, 15) is 0 Å². The summed E-state index contributed by atoms with van der Waals surface area (Å²) >= 11 is 6.06. The van der Waals surface area contributed by atoms with Crippen LogP contribution in [0.4, 0.5) is 11.5 Å². The number of hydrogen-bond donors (Lipinski definition) is 0. The van der Waals surface area contributed by atoms with Gasteiger partial charge in [-0.2, -0.15) is 0 Å². The van der Waals surface area contributed by atoms with Crippen LogP contribution in [0.15, 0.2) is 36.7 Å². The first-order valence-corrected chi connectivity index (χ1v) is 7.27. The molecule has 21 heavy (non-hydrogen) atoms. The molecule has 0 N–H and O–H groups in total. The van der Waals surface area contributed by atoms with Crippen LogP contribution < -0.4 is 14.5 Å². The highest BCUT2D eigenvalue weighted by Gasteiger charge is 2.22. The molecule has 3 rings (SSSR count). The number of nitrogens with zero attached hydrogens (tertiary/aromatic N) is 4. The molecule has 1 fully saturated rings. The van der Waals surface area contributed by atoms with E-state index in [1.165, 1.54) is 12.0 Å². The van der Waals surface area contributed by atoms with Crippen molar-refractivity contribution >= 4 is 23.1 Å². The highest BCUT2D eigenvalue weighted by Crippen LogP contribution is 2.32. The molecule has 0 radical (unpaired) electrons. The molecule has 0 amide bonds. The molecule has 2 aromatic rings. The van der Waals surface area contributed by atoms with Gasteiger partial charge < -0.3 is 14.5 Å². The Morgan fingerprint density at radius 3 is 2.33 bits per heavy atom. The smallest absolute Gasteiger partial charge is 0.199 e. The van der Waals surface area contributed by atoms with E-state index in [-0.39, 0.29) is 0 Å². The second-order valence-electron chi connectivity index (χ2n) is 4.83. The first-order chi connectivity index (χ1) is 10.3. The molecule has 1 aliphatic rings. The topological polar surface area (TPSA) is 41.5 Å². The van der Waals surface area contributed by atoms with Gasteiger partial charge in [0, 0.05) is 31.9 Å². The molecule has 1 aliphatic heterocycles. The minimum atomic E-state index is 0.355. The van der Waals surface area contributed by atoms with E-state index in [1.807, 2.05) is 6.07 Å². The fourth-order valence-corrected chi connectivity index (χ4v) is 2.77. The van der Waals surface area contributed by atoms with Crippen molar-refractivity contribution in [3.8, 4) is 5.75 Å². The largest absolute Gasteiger partial charge is 0.490 e. The number of anilines is 2. The van der Waals surface area contributed by atoms with Crippen molar-refractivity contribution in [1.82, 2.24) is 9.97 Å². The van der Waals surface area contributed by atoms with Crippen LogP contribution in [-0.4, -0.2) is 43.3 Å².